The third-order valence-corrected chi connectivity index (χ3v) is 8.40. The minimum absolute atomic E-state index is 0.233. The lowest BCUT2D eigenvalue weighted by molar-refractivity contribution is -0.127. The van der Waals surface area contributed by atoms with Crippen LogP contribution in [0.3, 0.4) is 0 Å². The van der Waals surface area contributed by atoms with Crippen LogP contribution in [0.4, 0.5) is 0 Å². The van der Waals surface area contributed by atoms with Crippen LogP contribution >= 0.6 is 0 Å². The lowest BCUT2D eigenvalue weighted by Gasteiger charge is -2.56. The normalized spacial score (nSPS) is 46.8. The monoisotopic (exact) mass is 323 g/mol. The average molecular weight is 323 g/mol. The van der Waals surface area contributed by atoms with Crippen LogP contribution in [0.15, 0.2) is 23.3 Å². The third-order valence-electron chi connectivity index (χ3n) is 8.40. The number of hydrogen-bond donors (Lipinski definition) is 0. The van der Waals surface area contributed by atoms with E-state index in [2.05, 4.69) is 32.1 Å². The van der Waals surface area contributed by atoms with Gasteiger partial charge in [-0.2, -0.15) is 5.26 Å². The molecule has 0 heterocycles. The number of nitriles is 1. The van der Waals surface area contributed by atoms with Gasteiger partial charge in [0, 0.05) is 11.5 Å². The minimum Gasteiger partial charge on any atom is -0.300 e. The molecule has 4 aliphatic carbocycles. The molecular weight excluding hydrogens is 294 g/mol. The average Bonchev–Trinajstić information content (AvgIpc) is 2.91. The number of carbonyl (C=O) groups is 1. The lowest BCUT2D eigenvalue weighted by Crippen LogP contribution is -2.49. The van der Waals surface area contributed by atoms with E-state index in [9.17, 15) is 10.1 Å². The van der Waals surface area contributed by atoms with Crippen LogP contribution in [0.2, 0.25) is 0 Å². The summed E-state index contributed by atoms with van der Waals surface area (Å²) in [6, 6.07) is 2.37. The first-order chi connectivity index (χ1) is 11.4. The molecule has 6 atom stereocenters. The summed E-state index contributed by atoms with van der Waals surface area (Å²) >= 11 is 0. The first-order valence-corrected chi connectivity index (χ1v) is 9.72. The van der Waals surface area contributed by atoms with E-state index in [-0.39, 0.29) is 16.7 Å². The Hall–Kier alpha value is -1.36. The van der Waals surface area contributed by atoms with E-state index in [1.54, 1.807) is 6.92 Å². The molecule has 0 radical (unpaired) electrons. The maximum atomic E-state index is 12.2. The summed E-state index contributed by atoms with van der Waals surface area (Å²) in [4.78, 5) is 12.2. The molecule has 0 amide bonds. The number of hydrogen-bond acceptors (Lipinski definition) is 2. The third kappa shape index (κ3) is 2.03. The van der Waals surface area contributed by atoms with Crippen molar-refractivity contribution in [1.29, 1.82) is 5.26 Å². The molecule has 128 valence electrons. The predicted octanol–water partition coefficient (Wildman–Crippen LogP) is 5.21. The zero-order valence-corrected chi connectivity index (χ0v) is 15.3. The van der Waals surface area contributed by atoms with Crippen molar-refractivity contribution in [3.63, 3.8) is 0 Å². The number of ketones is 1. The fourth-order valence-corrected chi connectivity index (χ4v) is 7.08. The molecule has 4 aliphatic rings. The summed E-state index contributed by atoms with van der Waals surface area (Å²) in [6.07, 6.45) is 12.6. The molecule has 0 bridgehead atoms. The van der Waals surface area contributed by atoms with Gasteiger partial charge in [-0.25, -0.2) is 0 Å². The smallest absolute Gasteiger partial charge is 0.133 e. The van der Waals surface area contributed by atoms with Crippen molar-refractivity contribution in [2.75, 3.05) is 0 Å². The molecular formula is C22H29NO. The van der Waals surface area contributed by atoms with E-state index in [0.717, 1.165) is 43.1 Å². The standard InChI is InChI=1S/C22H29NO/c1-14(24)18-6-7-19-17-5-4-16-12-15(13-23)8-10-21(16,2)20(17)9-11-22(18,19)3/h4,12,17-20H,5-11H2,1-3H3/t17?,18-,19?,20?,21+,22-/m1/s1. The first kappa shape index (κ1) is 16.1. The van der Waals surface area contributed by atoms with Gasteiger partial charge in [-0.3, -0.25) is 4.79 Å². The Balaban J connectivity index is 1.69. The topological polar surface area (TPSA) is 40.9 Å². The van der Waals surface area contributed by atoms with Crippen molar-refractivity contribution in [3.8, 4) is 6.07 Å². The van der Waals surface area contributed by atoms with Crippen LogP contribution in [0.25, 0.3) is 0 Å². The molecule has 2 heteroatoms. The van der Waals surface area contributed by atoms with Gasteiger partial charge in [0.05, 0.1) is 6.07 Å². The number of fused-ring (bicyclic) bond motifs is 5. The van der Waals surface area contributed by atoms with E-state index in [4.69, 9.17) is 0 Å². The maximum absolute atomic E-state index is 12.2. The van der Waals surface area contributed by atoms with Gasteiger partial charge in [0.2, 0.25) is 0 Å². The van der Waals surface area contributed by atoms with Crippen molar-refractivity contribution in [2.24, 2.45) is 34.5 Å². The highest BCUT2D eigenvalue weighted by atomic mass is 16.1. The maximum Gasteiger partial charge on any atom is 0.133 e. The van der Waals surface area contributed by atoms with Crippen molar-refractivity contribution >= 4 is 5.78 Å². The van der Waals surface area contributed by atoms with E-state index < -0.39 is 0 Å². The number of rotatable bonds is 1. The van der Waals surface area contributed by atoms with Gasteiger partial charge >= 0.3 is 0 Å². The van der Waals surface area contributed by atoms with Crippen LogP contribution < -0.4 is 0 Å². The lowest BCUT2D eigenvalue weighted by atomic mass is 9.48. The summed E-state index contributed by atoms with van der Waals surface area (Å²) in [5.41, 5.74) is 2.86. The molecule has 4 rings (SSSR count). The molecule has 0 N–H and O–H groups in total. The summed E-state index contributed by atoms with van der Waals surface area (Å²) in [6.45, 7) is 6.66. The second-order valence-corrected chi connectivity index (χ2v) is 9.26. The Labute approximate surface area is 146 Å². The highest BCUT2D eigenvalue weighted by Crippen LogP contribution is 2.65. The molecule has 24 heavy (non-hydrogen) atoms. The van der Waals surface area contributed by atoms with Gasteiger partial charge in [0.1, 0.15) is 5.78 Å². The molecule has 0 aromatic heterocycles. The fourth-order valence-electron chi connectivity index (χ4n) is 7.08. The number of allylic oxidation sites excluding steroid dienone is 4. The van der Waals surface area contributed by atoms with Crippen molar-refractivity contribution < 1.29 is 4.79 Å². The van der Waals surface area contributed by atoms with Gasteiger partial charge in [0.25, 0.3) is 0 Å². The highest BCUT2D eigenvalue weighted by molar-refractivity contribution is 5.79. The molecule has 0 aliphatic heterocycles. The number of carbonyl (C=O) groups excluding carboxylic acids is 1. The summed E-state index contributed by atoms with van der Waals surface area (Å²) in [5.74, 6) is 2.88. The van der Waals surface area contributed by atoms with E-state index in [0.29, 0.717) is 11.7 Å². The van der Waals surface area contributed by atoms with E-state index in [1.165, 1.54) is 24.8 Å². The predicted molar refractivity (Wildman–Crippen MR) is 95.0 cm³/mol. The molecule has 3 unspecified atom stereocenters. The molecule has 0 aromatic rings. The second kappa shape index (κ2) is 5.32. The quantitative estimate of drug-likeness (QED) is 0.664. The molecule has 0 saturated heterocycles. The molecule has 0 spiro atoms. The Bertz CT molecular complexity index is 681. The Morgan fingerprint density at radius 2 is 2.00 bits per heavy atom. The molecule has 2 fully saturated rings. The Morgan fingerprint density at radius 3 is 2.71 bits per heavy atom. The van der Waals surface area contributed by atoms with Gasteiger partial charge < -0.3 is 0 Å². The fraction of sp³-hybridized carbons (Fsp3) is 0.727. The van der Waals surface area contributed by atoms with Crippen molar-refractivity contribution in [2.45, 2.75) is 65.7 Å². The van der Waals surface area contributed by atoms with Gasteiger partial charge in [-0.1, -0.05) is 19.9 Å². The molecule has 0 aromatic carbocycles. The molecule has 2 saturated carbocycles. The zero-order chi connectivity index (χ0) is 17.1. The van der Waals surface area contributed by atoms with Crippen LogP contribution in [0, 0.1) is 45.8 Å². The Kier molecular flexibility index (Phi) is 3.57. The van der Waals surface area contributed by atoms with Gasteiger partial charge in [-0.15, -0.1) is 0 Å². The Morgan fingerprint density at radius 1 is 1.21 bits per heavy atom. The van der Waals surface area contributed by atoms with E-state index in [1.807, 2.05) is 0 Å². The first-order valence-electron chi connectivity index (χ1n) is 9.72. The highest BCUT2D eigenvalue weighted by Gasteiger charge is 2.58. The van der Waals surface area contributed by atoms with Crippen LogP contribution in [-0.4, -0.2) is 5.78 Å². The SMILES string of the molecule is CC(=O)[C@H]1CCC2C3CC=C4C=C(C#N)CC[C@]4(C)C3CC[C@@]21C. The second-order valence-electron chi connectivity index (χ2n) is 9.26. The number of nitrogens with zero attached hydrogens (tertiary/aromatic N) is 1. The minimum atomic E-state index is 0.233. The van der Waals surface area contributed by atoms with Crippen LogP contribution in [-0.2, 0) is 4.79 Å². The van der Waals surface area contributed by atoms with E-state index >= 15 is 0 Å². The van der Waals surface area contributed by atoms with Gasteiger partial charge in [0.15, 0.2) is 0 Å². The zero-order valence-electron chi connectivity index (χ0n) is 15.3. The summed E-state index contributed by atoms with van der Waals surface area (Å²) in [7, 11) is 0. The van der Waals surface area contributed by atoms with Crippen LogP contribution in [0.5, 0.6) is 0 Å². The van der Waals surface area contributed by atoms with Gasteiger partial charge in [-0.05, 0) is 92.1 Å². The largest absolute Gasteiger partial charge is 0.300 e. The summed E-state index contributed by atoms with van der Waals surface area (Å²) in [5, 5.41) is 9.26. The van der Waals surface area contributed by atoms with Crippen LogP contribution in [0.1, 0.15) is 65.7 Å². The molecule has 2 nitrogen and oxygen atoms in total. The summed E-state index contributed by atoms with van der Waals surface area (Å²) < 4.78 is 0. The van der Waals surface area contributed by atoms with Crippen molar-refractivity contribution in [3.05, 3.63) is 23.3 Å². The van der Waals surface area contributed by atoms with Crippen molar-refractivity contribution in [1.82, 2.24) is 0 Å². The number of Topliss-reactive ketones (excluding diaryl/α,β-unsaturated/α-hetero) is 1.